The Morgan fingerprint density at radius 2 is 1.78 bits per heavy atom. The Morgan fingerprint density at radius 1 is 1.08 bits per heavy atom. The Balaban J connectivity index is 1.58. The molecule has 1 aromatic heterocycles. The molecule has 0 radical (unpaired) electrons. The average Bonchev–Trinajstić information content (AvgIpc) is 3.21. The zero-order valence-corrected chi connectivity index (χ0v) is 21.7. The number of rotatable bonds is 8. The zero-order chi connectivity index (χ0) is 25.9. The number of hydrogen-bond donors (Lipinski definition) is 1. The molecule has 1 aliphatic rings. The van der Waals surface area contributed by atoms with Gasteiger partial charge >= 0.3 is 5.97 Å². The molecular weight excluding hydrogens is 503 g/mol. The number of fused-ring (bicyclic) bond motifs is 1. The van der Waals surface area contributed by atoms with Crippen LogP contribution in [0.2, 0.25) is 0 Å². The van der Waals surface area contributed by atoms with Crippen LogP contribution >= 0.6 is 11.3 Å². The quantitative estimate of drug-likeness (QED) is 0.406. The van der Waals surface area contributed by atoms with Crippen LogP contribution in [0.5, 0.6) is 0 Å². The molecule has 0 bridgehead atoms. The van der Waals surface area contributed by atoms with Gasteiger partial charge in [0, 0.05) is 16.0 Å². The largest absolute Gasteiger partial charge is 0.462 e. The summed E-state index contributed by atoms with van der Waals surface area (Å²) < 4.78 is 45.3. The summed E-state index contributed by atoms with van der Waals surface area (Å²) in [7, 11) is -3.72. The number of amides is 1. The highest BCUT2D eigenvalue weighted by Crippen LogP contribution is 2.39. The number of halogens is 1. The number of thiophene rings is 1. The third-order valence-electron chi connectivity index (χ3n) is 5.97. The highest BCUT2D eigenvalue weighted by molar-refractivity contribution is 7.92. The van der Waals surface area contributed by atoms with Crippen LogP contribution in [0.25, 0.3) is 0 Å². The minimum absolute atomic E-state index is 0.180. The van der Waals surface area contributed by atoms with Gasteiger partial charge in [-0.25, -0.2) is 17.6 Å². The maximum absolute atomic E-state index is 14.1. The summed E-state index contributed by atoms with van der Waals surface area (Å²) in [5, 5.41) is 3.31. The Bertz CT molecular complexity index is 1380. The number of nitrogens with zero attached hydrogens (tertiary/aromatic N) is 1. The van der Waals surface area contributed by atoms with Gasteiger partial charge in [-0.3, -0.25) is 9.10 Å². The molecule has 3 aromatic rings. The van der Waals surface area contributed by atoms with E-state index in [-0.39, 0.29) is 18.7 Å². The van der Waals surface area contributed by atoms with Gasteiger partial charge in [-0.2, -0.15) is 0 Å². The highest BCUT2D eigenvalue weighted by atomic mass is 32.2. The lowest BCUT2D eigenvalue weighted by Crippen LogP contribution is -2.29. The predicted octanol–water partition coefficient (Wildman–Crippen LogP) is 5.16. The van der Waals surface area contributed by atoms with E-state index in [2.05, 4.69) is 5.32 Å². The molecule has 1 amide bonds. The van der Waals surface area contributed by atoms with Crippen molar-refractivity contribution in [3.63, 3.8) is 0 Å². The second kappa shape index (κ2) is 10.8. The third kappa shape index (κ3) is 5.60. The lowest BCUT2D eigenvalue weighted by molar-refractivity contribution is 0.0526. The molecule has 0 saturated carbocycles. The van der Waals surface area contributed by atoms with Crippen molar-refractivity contribution in [2.45, 2.75) is 39.2 Å². The van der Waals surface area contributed by atoms with Crippen LogP contribution in [-0.4, -0.2) is 33.2 Å². The van der Waals surface area contributed by atoms with Gasteiger partial charge in [0.15, 0.2) is 0 Å². The fraction of sp³-hybridized carbons (Fsp3) is 0.308. The number of carbonyl (C=O) groups is 2. The van der Waals surface area contributed by atoms with Crippen molar-refractivity contribution >= 4 is 43.9 Å². The van der Waals surface area contributed by atoms with E-state index < -0.39 is 27.7 Å². The zero-order valence-electron chi connectivity index (χ0n) is 20.0. The molecule has 0 saturated heterocycles. The normalized spacial score (nSPS) is 13.1. The average molecular weight is 531 g/mol. The highest BCUT2D eigenvalue weighted by Gasteiger charge is 2.27. The molecule has 36 heavy (non-hydrogen) atoms. The summed E-state index contributed by atoms with van der Waals surface area (Å²) in [6.45, 7) is 1.80. The van der Waals surface area contributed by atoms with E-state index in [1.165, 1.54) is 53.8 Å². The van der Waals surface area contributed by atoms with Crippen molar-refractivity contribution in [2.75, 3.05) is 22.5 Å². The number of benzene rings is 2. The van der Waals surface area contributed by atoms with E-state index in [4.69, 9.17) is 4.74 Å². The molecule has 0 spiro atoms. The van der Waals surface area contributed by atoms with Gasteiger partial charge in [0.25, 0.3) is 5.91 Å². The van der Waals surface area contributed by atoms with E-state index >= 15 is 0 Å². The maximum atomic E-state index is 14.1. The second-order valence-electron chi connectivity index (χ2n) is 8.50. The van der Waals surface area contributed by atoms with E-state index in [1.54, 1.807) is 13.0 Å². The molecule has 0 atom stereocenters. The van der Waals surface area contributed by atoms with Crippen LogP contribution in [0.3, 0.4) is 0 Å². The number of esters is 1. The van der Waals surface area contributed by atoms with Crippen molar-refractivity contribution in [2.24, 2.45) is 0 Å². The first-order valence-electron chi connectivity index (χ1n) is 11.6. The Morgan fingerprint density at radius 3 is 2.44 bits per heavy atom. The molecule has 190 valence electrons. The monoisotopic (exact) mass is 530 g/mol. The van der Waals surface area contributed by atoms with E-state index in [0.717, 1.165) is 46.7 Å². The number of hydrogen-bond acceptors (Lipinski definition) is 6. The van der Waals surface area contributed by atoms with Crippen molar-refractivity contribution in [3.05, 3.63) is 81.5 Å². The minimum atomic E-state index is -3.72. The lowest BCUT2D eigenvalue weighted by Gasteiger charge is -2.23. The number of aryl methyl sites for hydroxylation is 1. The number of nitrogens with one attached hydrogen (secondary N) is 1. The number of sulfonamides is 1. The van der Waals surface area contributed by atoms with Crippen LogP contribution < -0.4 is 9.62 Å². The Hall–Kier alpha value is -3.24. The number of anilines is 2. The summed E-state index contributed by atoms with van der Waals surface area (Å²) in [4.78, 5) is 26.8. The third-order valence-corrected chi connectivity index (χ3v) is 8.32. The van der Waals surface area contributed by atoms with Gasteiger partial charge in [-0.15, -0.1) is 11.3 Å². The Labute approximate surface area is 214 Å². The molecular formula is C26H27FN2O5S2. The summed E-state index contributed by atoms with van der Waals surface area (Å²) >= 11 is 1.40. The minimum Gasteiger partial charge on any atom is -0.462 e. The van der Waals surface area contributed by atoms with Gasteiger partial charge in [0.2, 0.25) is 10.0 Å². The molecule has 0 fully saturated rings. The van der Waals surface area contributed by atoms with Crippen molar-refractivity contribution in [1.82, 2.24) is 0 Å². The smallest absolute Gasteiger partial charge is 0.341 e. The summed E-state index contributed by atoms with van der Waals surface area (Å²) in [5.74, 6) is -1.37. The topological polar surface area (TPSA) is 92.8 Å². The van der Waals surface area contributed by atoms with Gasteiger partial charge in [-0.1, -0.05) is 18.2 Å². The molecule has 4 rings (SSSR count). The van der Waals surface area contributed by atoms with E-state index in [1.807, 2.05) is 0 Å². The van der Waals surface area contributed by atoms with Gasteiger partial charge in [-0.05, 0) is 68.5 Å². The summed E-state index contributed by atoms with van der Waals surface area (Å²) in [6.07, 6.45) is 4.70. The van der Waals surface area contributed by atoms with Crippen molar-refractivity contribution in [1.29, 1.82) is 0 Å². The molecule has 10 heteroatoms. The predicted molar refractivity (Wildman–Crippen MR) is 139 cm³/mol. The van der Waals surface area contributed by atoms with Gasteiger partial charge < -0.3 is 10.1 Å². The van der Waals surface area contributed by atoms with Crippen molar-refractivity contribution < 1.29 is 27.1 Å². The number of carbonyl (C=O) groups excluding carboxylic acids is 2. The summed E-state index contributed by atoms with van der Waals surface area (Å²) in [5.41, 5.74) is 2.20. The fourth-order valence-electron chi connectivity index (χ4n) is 4.21. The van der Waals surface area contributed by atoms with Crippen LogP contribution in [-0.2, 0) is 34.1 Å². The first kappa shape index (κ1) is 25.8. The van der Waals surface area contributed by atoms with Crippen LogP contribution in [0.1, 0.15) is 56.5 Å². The SMILES string of the molecule is CCOC(=O)c1c(NC(=O)c2ccc(N(Cc3ccccc3F)S(C)(=O)=O)cc2)sc2c1CCCC2. The first-order valence-corrected chi connectivity index (χ1v) is 14.3. The van der Waals surface area contributed by atoms with Gasteiger partial charge in [0.1, 0.15) is 10.8 Å². The second-order valence-corrected chi connectivity index (χ2v) is 11.5. The fourth-order valence-corrected chi connectivity index (χ4v) is 6.36. The van der Waals surface area contributed by atoms with E-state index in [0.29, 0.717) is 21.8 Å². The molecule has 1 aliphatic carbocycles. The standard InChI is InChI=1S/C26H27FN2O5S2/c1-3-34-26(31)23-20-9-5-7-11-22(20)35-25(23)28-24(30)17-12-14-19(15-13-17)29(36(2,32)33)16-18-8-4-6-10-21(18)27/h4,6,8,10,12-15H,3,5,7,9,11,16H2,1-2H3,(H,28,30). The summed E-state index contributed by atoms with van der Waals surface area (Å²) in [6, 6.07) is 12.0. The molecule has 2 aromatic carbocycles. The molecule has 1 N–H and O–H groups in total. The molecule has 1 heterocycles. The molecule has 0 aliphatic heterocycles. The lowest BCUT2D eigenvalue weighted by atomic mass is 9.95. The Kier molecular flexibility index (Phi) is 7.75. The van der Waals surface area contributed by atoms with Gasteiger partial charge in [0.05, 0.1) is 30.7 Å². The first-order chi connectivity index (χ1) is 17.2. The number of ether oxygens (including phenoxy) is 1. The van der Waals surface area contributed by atoms with E-state index in [9.17, 15) is 22.4 Å². The van der Waals surface area contributed by atoms with Crippen LogP contribution in [0.15, 0.2) is 48.5 Å². The van der Waals surface area contributed by atoms with Crippen molar-refractivity contribution in [3.8, 4) is 0 Å². The van der Waals surface area contributed by atoms with Crippen LogP contribution in [0, 0.1) is 5.82 Å². The van der Waals surface area contributed by atoms with Crippen LogP contribution in [0.4, 0.5) is 15.1 Å². The molecule has 7 nitrogen and oxygen atoms in total. The molecule has 0 unspecified atom stereocenters. The maximum Gasteiger partial charge on any atom is 0.341 e.